The molecule has 0 N–H and O–H groups in total. The molecule has 16 rings (SSSR count). The van der Waals surface area contributed by atoms with E-state index in [-0.39, 0.29) is 0 Å². The van der Waals surface area contributed by atoms with Crippen LogP contribution in [0, 0.1) is 39.0 Å². The molecule has 0 atom stereocenters. The van der Waals surface area contributed by atoms with E-state index in [2.05, 4.69) is 281 Å². The van der Waals surface area contributed by atoms with Gasteiger partial charge in [0.25, 0.3) is 0 Å². The first-order chi connectivity index (χ1) is 38.8. The largest absolute Gasteiger partial charge is 0.306 e. The fourth-order valence-electron chi connectivity index (χ4n) is 13.2. The van der Waals surface area contributed by atoms with Crippen LogP contribution in [0.2, 0.25) is 0 Å². The Labute approximate surface area is 454 Å². The van der Waals surface area contributed by atoms with Gasteiger partial charge in [0.2, 0.25) is 0 Å². The van der Waals surface area contributed by atoms with Crippen molar-refractivity contribution in [1.82, 2.24) is 27.8 Å². The van der Waals surface area contributed by atoms with Gasteiger partial charge < -0.3 is 18.3 Å². The van der Waals surface area contributed by atoms with Crippen LogP contribution < -0.4 is 0 Å². The van der Waals surface area contributed by atoms with Gasteiger partial charge in [-0.05, 0) is 125 Å². The molecule has 0 radical (unpaired) electrons. The summed E-state index contributed by atoms with van der Waals surface area (Å²) in [5, 5.41) is 22.0. The summed E-state index contributed by atoms with van der Waals surface area (Å²) in [5.74, 6) is 0.650. The first kappa shape index (κ1) is 44.8. The molecule has 0 saturated heterocycles. The Kier molecular flexibility index (Phi) is 9.53. The Morgan fingerprint density at radius 2 is 0.633 bits per heavy atom. The zero-order chi connectivity index (χ0) is 52.8. The van der Waals surface area contributed by atoms with Crippen molar-refractivity contribution in [3.63, 3.8) is 0 Å². The summed E-state index contributed by atoms with van der Waals surface area (Å²) in [4.78, 5) is 5.81. The molecular formula is C72H49N7. The summed E-state index contributed by atoms with van der Waals surface area (Å²) < 4.78 is 12.1. The van der Waals surface area contributed by atoms with Gasteiger partial charge in [0.05, 0.1) is 89.0 Å². The van der Waals surface area contributed by atoms with Crippen molar-refractivity contribution in [1.29, 1.82) is 5.26 Å². The predicted molar refractivity (Wildman–Crippen MR) is 328 cm³/mol. The van der Waals surface area contributed by atoms with Crippen LogP contribution >= 0.6 is 0 Å². The first-order valence-electron chi connectivity index (χ1n) is 27.0. The molecule has 0 spiro atoms. The molecule has 5 aromatic heterocycles. The maximum absolute atomic E-state index is 13.0. The van der Waals surface area contributed by atoms with Crippen molar-refractivity contribution in [3.05, 3.63) is 252 Å². The Morgan fingerprint density at radius 1 is 0.304 bits per heavy atom. The average molecular weight is 1010 g/mol. The molecule has 0 saturated carbocycles. The van der Waals surface area contributed by atoms with Crippen molar-refractivity contribution < 1.29 is 0 Å². The number of nitriles is 1. The molecule has 16 aromatic rings. The second-order valence-electron chi connectivity index (χ2n) is 21.3. The maximum Gasteiger partial charge on any atom is 0.149 e. The van der Waals surface area contributed by atoms with Gasteiger partial charge in [0, 0.05) is 48.8 Å². The SMILES string of the molecule is Cc1ccc2c(c1)c1ccccc1n2-c1c(C#N)c(-c2nc3ccccc3n2-c2ccccc2)c(-n2c3ccccc3c3cc(C)ccc32)c(-n2c3ccccc3c3cc(C)ccc32)c1-n1c2ccccc2c2cc(C)ccc21. The lowest BCUT2D eigenvalue weighted by atomic mass is 9.96. The molecule has 5 heterocycles. The molecule has 372 valence electrons. The monoisotopic (exact) mass is 1010 g/mol. The third-order valence-electron chi connectivity index (χ3n) is 16.5. The third kappa shape index (κ3) is 6.31. The van der Waals surface area contributed by atoms with E-state index in [0.717, 1.165) is 138 Å². The molecule has 0 aliphatic rings. The zero-order valence-corrected chi connectivity index (χ0v) is 44.0. The van der Waals surface area contributed by atoms with E-state index in [1.54, 1.807) is 0 Å². The molecule has 0 aliphatic carbocycles. The quantitative estimate of drug-likeness (QED) is 0.167. The number of hydrogen-bond donors (Lipinski definition) is 0. The first-order valence-corrected chi connectivity index (χ1v) is 27.0. The van der Waals surface area contributed by atoms with Gasteiger partial charge in [-0.2, -0.15) is 5.26 Å². The Balaban J connectivity index is 1.30. The summed E-state index contributed by atoms with van der Waals surface area (Å²) in [6.07, 6.45) is 0. The van der Waals surface area contributed by atoms with E-state index >= 15 is 0 Å². The van der Waals surface area contributed by atoms with Crippen LogP contribution in [0.4, 0.5) is 0 Å². The Bertz CT molecular complexity index is 5320. The smallest absolute Gasteiger partial charge is 0.149 e. The molecule has 11 aromatic carbocycles. The fourth-order valence-corrected chi connectivity index (χ4v) is 13.2. The number of para-hydroxylation sites is 7. The number of aryl methyl sites for hydroxylation is 4. The zero-order valence-electron chi connectivity index (χ0n) is 44.0. The Hall–Kier alpha value is -10.4. The number of aromatic nitrogens is 6. The van der Waals surface area contributed by atoms with Gasteiger partial charge in [-0.15, -0.1) is 0 Å². The highest BCUT2D eigenvalue weighted by Gasteiger charge is 2.37. The van der Waals surface area contributed by atoms with Crippen molar-refractivity contribution in [2.45, 2.75) is 27.7 Å². The lowest BCUT2D eigenvalue weighted by molar-refractivity contribution is 1.01. The van der Waals surface area contributed by atoms with Gasteiger partial charge in [-0.25, -0.2) is 4.98 Å². The second-order valence-corrected chi connectivity index (χ2v) is 21.3. The summed E-state index contributed by atoms with van der Waals surface area (Å²) >= 11 is 0. The molecule has 7 heteroatoms. The minimum atomic E-state index is 0.483. The fraction of sp³-hybridized carbons (Fsp3) is 0.0556. The molecule has 0 bridgehead atoms. The van der Waals surface area contributed by atoms with Gasteiger partial charge in [-0.1, -0.05) is 150 Å². The van der Waals surface area contributed by atoms with Gasteiger partial charge in [0.15, 0.2) is 0 Å². The molecule has 0 unspecified atom stereocenters. The van der Waals surface area contributed by atoms with Crippen LogP contribution in [0.25, 0.3) is 138 Å². The number of fused-ring (bicyclic) bond motifs is 13. The maximum atomic E-state index is 13.0. The number of rotatable bonds is 6. The topological polar surface area (TPSA) is 61.3 Å². The normalized spacial score (nSPS) is 12.0. The highest BCUT2D eigenvalue weighted by molar-refractivity contribution is 6.17. The van der Waals surface area contributed by atoms with Gasteiger partial charge >= 0.3 is 0 Å². The van der Waals surface area contributed by atoms with Gasteiger partial charge in [-0.3, -0.25) is 4.57 Å². The minimum Gasteiger partial charge on any atom is -0.306 e. The van der Waals surface area contributed by atoms with Gasteiger partial charge in [0.1, 0.15) is 11.9 Å². The molecule has 0 fully saturated rings. The van der Waals surface area contributed by atoms with Crippen molar-refractivity contribution in [2.75, 3.05) is 0 Å². The van der Waals surface area contributed by atoms with E-state index in [0.29, 0.717) is 17.0 Å². The van der Waals surface area contributed by atoms with Crippen LogP contribution in [-0.4, -0.2) is 27.8 Å². The number of benzene rings is 11. The minimum absolute atomic E-state index is 0.483. The number of hydrogen-bond acceptors (Lipinski definition) is 2. The molecule has 79 heavy (non-hydrogen) atoms. The van der Waals surface area contributed by atoms with E-state index in [4.69, 9.17) is 4.98 Å². The van der Waals surface area contributed by atoms with E-state index < -0.39 is 0 Å². The average Bonchev–Trinajstić information content (AvgIpc) is 4.19. The highest BCUT2D eigenvalue weighted by atomic mass is 15.2. The summed E-state index contributed by atoms with van der Waals surface area (Å²) in [6.45, 7) is 8.68. The standard InChI is InChI=1S/C72H49N7/c1-43-30-34-62-52(38-43)48-20-8-13-25-58(48)76(62)68-56(42-73)67(72-74-57-24-12-17-29-66(57)75(72)47-18-6-5-7-19-47)69(77-59-26-14-9-21-49(59)53-39-44(2)31-35-63(53)77)71(79-61-28-16-11-23-51(61)55-41-46(4)33-37-65(55)79)70(68)78-60-27-15-10-22-50(60)54-40-45(3)32-36-64(54)78/h5-41H,1-4H3. The van der Waals surface area contributed by atoms with E-state index in [1.807, 2.05) is 0 Å². The van der Waals surface area contributed by atoms with Crippen LogP contribution in [0.1, 0.15) is 27.8 Å². The second kappa shape index (κ2) is 16.8. The third-order valence-corrected chi connectivity index (χ3v) is 16.5. The predicted octanol–water partition coefficient (Wildman–Crippen LogP) is 18.2. The van der Waals surface area contributed by atoms with Crippen LogP contribution in [-0.2, 0) is 0 Å². The lowest BCUT2D eigenvalue weighted by Gasteiger charge is -2.29. The molecular weight excluding hydrogens is 963 g/mol. The summed E-state index contributed by atoms with van der Waals surface area (Å²) in [7, 11) is 0. The van der Waals surface area contributed by atoms with E-state index in [1.165, 1.54) is 11.1 Å². The van der Waals surface area contributed by atoms with Crippen molar-refractivity contribution in [2.24, 2.45) is 0 Å². The summed E-state index contributed by atoms with van der Waals surface area (Å²) in [5.41, 5.74) is 20.0. The number of imidazole rings is 1. The van der Waals surface area contributed by atoms with E-state index in [9.17, 15) is 5.26 Å². The highest BCUT2D eigenvalue weighted by Crippen LogP contribution is 2.52. The molecule has 0 aliphatic heterocycles. The van der Waals surface area contributed by atoms with Crippen molar-refractivity contribution in [3.8, 4) is 45.9 Å². The lowest BCUT2D eigenvalue weighted by Crippen LogP contribution is -2.17. The molecule has 7 nitrogen and oxygen atoms in total. The Morgan fingerprint density at radius 3 is 1.05 bits per heavy atom. The van der Waals surface area contributed by atoms with Crippen molar-refractivity contribution >= 4 is 98.3 Å². The summed E-state index contributed by atoms with van der Waals surface area (Å²) in [6, 6.07) is 84.3. The van der Waals surface area contributed by atoms with Crippen LogP contribution in [0.5, 0.6) is 0 Å². The van der Waals surface area contributed by atoms with Crippen LogP contribution in [0.15, 0.2) is 224 Å². The van der Waals surface area contributed by atoms with Crippen LogP contribution in [0.3, 0.4) is 0 Å². The molecule has 0 amide bonds. The number of nitrogens with zero attached hydrogens (tertiary/aromatic N) is 7.